The normalized spacial score (nSPS) is 10.8. The first-order valence-corrected chi connectivity index (χ1v) is 8.26. The van der Waals surface area contributed by atoms with Gasteiger partial charge in [0.25, 0.3) is 5.91 Å². The monoisotopic (exact) mass is 412 g/mol. The van der Waals surface area contributed by atoms with E-state index in [1.165, 1.54) is 0 Å². The number of aromatic nitrogens is 1. The molecule has 0 radical (unpaired) electrons. The second-order valence-corrected chi connectivity index (χ2v) is 6.06. The molecular formula is C19H26Cl2N4O2. The molecule has 27 heavy (non-hydrogen) atoms. The second kappa shape index (κ2) is 12.3. The molecule has 0 saturated carbocycles. The van der Waals surface area contributed by atoms with Crippen molar-refractivity contribution >= 4 is 42.3 Å². The average molecular weight is 413 g/mol. The molecule has 1 aromatic carbocycles. The number of carbonyl (C=O) groups excluding carboxylic acids is 2. The van der Waals surface area contributed by atoms with Gasteiger partial charge in [0.2, 0.25) is 5.91 Å². The zero-order chi connectivity index (χ0) is 18.2. The summed E-state index contributed by atoms with van der Waals surface area (Å²) in [7, 11) is 1.73. The van der Waals surface area contributed by atoms with Gasteiger partial charge >= 0.3 is 0 Å². The lowest BCUT2D eigenvalue weighted by atomic mass is 10.1. The molecule has 0 fully saturated rings. The molecule has 0 aliphatic carbocycles. The number of anilines is 1. The molecule has 0 saturated heterocycles. The van der Waals surface area contributed by atoms with Crippen molar-refractivity contribution < 1.29 is 9.59 Å². The van der Waals surface area contributed by atoms with E-state index >= 15 is 0 Å². The van der Waals surface area contributed by atoms with Gasteiger partial charge in [0.05, 0.1) is 0 Å². The summed E-state index contributed by atoms with van der Waals surface area (Å²) in [5.41, 5.74) is 7.99. The fourth-order valence-corrected chi connectivity index (χ4v) is 2.29. The first-order chi connectivity index (χ1) is 12.0. The molecular weight excluding hydrogens is 387 g/mol. The van der Waals surface area contributed by atoms with E-state index in [9.17, 15) is 9.59 Å². The van der Waals surface area contributed by atoms with Crippen LogP contribution < -0.4 is 16.0 Å². The minimum absolute atomic E-state index is 0. The van der Waals surface area contributed by atoms with Crippen LogP contribution in [0.15, 0.2) is 48.8 Å². The fourth-order valence-electron chi connectivity index (χ4n) is 2.29. The second-order valence-electron chi connectivity index (χ2n) is 6.06. The fraction of sp³-hybridized carbons (Fsp3) is 0.316. The number of hydrogen-bond acceptors (Lipinski definition) is 4. The number of nitrogens with one attached hydrogen (secondary N) is 1. The smallest absolute Gasteiger partial charge is 0.258 e. The van der Waals surface area contributed by atoms with Gasteiger partial charge in [-0.15, -0.1) is 24.8 Å². The van der Waals surface area contributed by atoms with Gasteiger partial charge in [-0.3, -0.25) is 14.6 Å². The first-order valence-electron chi connectivity index (χ1n) is 8.26. The lowest BCUT2D eigenvalue weighted by Gasteiger charge is -2.17. The largest absolute Gasteiger partial charge is 0.352 e. The Labute approximate surface area is 172 Å². The van der Waals surface area contributed by atoms with Crippen LogP contribution in [0.4, 0.5) is 5.69 Å². The summed E-state index contributed by atoms with van der Waals surface area (Å²) in [6.45, 7) is 2.34. The van der Waals surface area contributed by atoms with Crippen molar-refractivity contribution in [3.05, 3.63) is 59.9 Å². The molecule has 0 bridgehead atoms. The highest BCUT2D eigenvalue weighted by Gasteiger charge is 2.13. The molecule has 0 aliphatic rings. The minimum atomic E-state index is -0.0978. The molecule has 3 N–H and O–H groups in total. The highest BCUT2D eigenvalue weighted by Crippen LogP contribution is 2.16. The molecule has 6 nitrogen and oxygen atoms in total. The first kappa shape index (κ1) is 24.8. The van der Waals surface area contributed by atoms with E-state index in [0.717, 1.165) is 11.3 Å². The summed E-state index contributed by atoms with van der Waals surface area (Å²) in [6.07, 6.45) is 4.29. The Morgan fingerprint density at radius 3 is 2.26 bits per heavy atom. The molecule has 148 valence electrons. The van der Waals surface area contributed by atoms with Crippen molar-refractivity contribution in [2.45, 2.75) is 32.4 Å². The van der Waals surface area contributed by atoms with Gasteiger partial charge in [-0.25, -0.2) is 0 Å². The maximum atomic E-state index is 12.4. The summed E-state index contributed by atoms with van der Waals surface area (Å²) in [5.74, 6) is -0.106. The van der Waals surface area contributed by atoms with Gasteiger partial charge in [0.15, 0.2) is 0 Å². The summed E-state index contributed by atoms with van der Waals surface area (Å²) < 4.78 is 0. The Hall–Kier alpha value is -2.15. The third-order valence-electron chi connectivity index (χ3n) is 3.87. The van der Waals surface area contributed by atoms with Gasteiger partial charge < -0.3 is 16.0 Å². The summed E-state index contributed by atoms with van der Waals surface area (Å²) >= 11 is 0. The minimum Gasteiger partial charge on any atom is -0.352 e. The highest BCUT2D eigenvalue weighted by molar-refractivity contribution is 6.05. The summed E-state index contributed by atoms with van der Waals surface area (Å²) in [6, 6.07) is 10.9. The maximum Gasteiger partial charge on any atom is 0.258 e. The number of amides is 2. The Balaban J connectivity index is 0.00000338. The summed E-state index contributed by atoms with van der Waals surface area (Å²) in [5, 5.41) is 2.87. The Morgan fingerprint density at radius 2 is 1.70 bits per heavy atom. The van der Waals surface area contributed by atoms with Gasteiger partial charge in [0, 0.05) is 49.7 Å². The molecule has 8 heteroatoms. The van der Waals surface area contributed by atoms with Gasteiger partial charge in [-0.2, -0.15) is 0 Å². The number of rotatable bonds is 7. The Kier molecular flexibility index (Phi) is 11.3. The van der Waals surface area contributed by atoms with Crippen molar-refractivity contribution in [2.24, 2.45) is 5.73 Å². The van der Waals surface area contributed by atoms with Gasteiger partial charge in [0.1, 0.15) is 0 Å². The van der Waals surface area contributed by atoms with E-state index in [4.69, 9.17) is 5.73 Å². The van der Waals surface area contributed by atoms with Crippen LogP contribution in [-0.2, 0) is 11.3 Å². The van der Waals surface area contributed by atoms with Crippen LogP contribution in [0.5, 0.6) is 0 Å². The number of nitrogens with two attached hydrogens (primary N) is 1. The number of halogens is 2. The molecule has 1 heterocycles. The Morgan fingerprint density at radius 1 is 1.11 bits per heavy atom. The predicted octanol–water partition coefficient (Wildman–Crippen LogP) is 2.95. The van der Waals surface area contributed by atoms with Crippen molar-refractivity contribution in [1.82, 2.24) is 10.3 Å². The Bertz CT molecular complexity index is 709. The van der Waals surface area contributed by atoms with Crippen LogP contribution >= 0.6 is 24.8 Å². The van der Waals surface area contributed by atoms with Gasteiger partial charge in [-0.1, -0.05) is 12.1 Å². The van der Waals surface area contributed by atoms with E-state index in [0.29, 0.717) is 24.9 Å². The van der Waals surface area contributed by atoms with E-state index < -0.39 is 0 Å². The number of hydrogen-bond donors (Lipinski definition) is 2. The van der Waals surface area contributed by atoms with Crippen LogP contribution in [0.1, 0.15) is 35.7 Å². The average Bonchev–Trinajstić information content (AvgIpc) is 2.64. The molecule has 1 atom stereocenters. The number of nitrogens with zero attached hydrogens (tertiary/aromatic N) is 2. The highest BCUT2D eigenvalue weighted by atomic mass is 35.5. The zero-order valence-corrected chi connectivity index (χ0v) is 17.1. The quantitative estimate of drug-likeness (QED) is 0.731. The standard InChI is InChI=1S/C19H24N4O2.2ClH/c1-14(20)3-8-18(24)22-13-15-4-6-17(7-5-15)23(2)19(25)16-9-11-21-12-10-16;;/h4-7,9-12,14H,3,8,13,20H2,1-2H3,(H,22,24);2*1H. The third kappa shape index (κ3) is 7.95. The number of pyridine rings is 1. The van der Waals surface area contributed by atoms with Crippen molar-refractivity contribution in [3.8, 4) is 0 Å². The van der Waals surface area contributed by atoms with Crippen LogP contribution in [0.2, 0.25) is 0 Å². The number of carbonyl (C=O) groups is 2. The summed E-state index contributed by atoms with van der Waals surface area (Å²) in [4.78, 5) is 29.6. The van der Waals surface area contributed by atoms with Crippen LogP contribution in [0.3, 0.4) is 0 Å². The SMILES string of the molecule is CC(N)CCC(=O)NCc1ccc(N(C)C(=O)c2ccncc2)cc1.Cl.Cl. The number of benzene rings is 1. The maximum absolute atomic E-state index is 12.4. The van der Waals surface area contributed by atoms with E-state index in [-0.39, 0.29) is 42.7 Å². The predicted molar refractivity (Wildman–Crippen MR) is 113 cm³/mol. The van der Waals surface area contributed by atoms with Crippen molar-refractivity contribution in [2.75, 3.05) is 11.9 Å². The van der Waals surface area contributed by atoms with Crippen molar-refractivity contribution in [3.63, 3.8) is 0 Å². The lowest BCUT2D eigenvalue weighted by Crippen LogP contribution is -2.26. The molecule has 0 spiro atoms. The van der Waals surface area contributed by atoms with Crippen LogP contribution in [0, 0.1) is 0 Å². The van der Waals surface area contributed by atoms with E-state index in [1.807, 2.05) is 31.2 Å². The molecule has 1 unspecified atom stereocenters. The molecule has 2 rings (SSSR count). The molecule has 1 aromatic heterocycles. The molecule has 2 aromatic rings. The third-order valence-corrected chi connectivity index (χ3v) is 3.87. The zero-order valence-electron chi connectivity index (χ0n) is 15.4. The van der Waals surface area contributed by atoms with E-state index in [2.05, 4.69) is 10.3 Å². The van der Waals surface area contributed by atoms with Crippen molar-refractivity contribution in [1.29, 1.82) is 0 Å². The molecule has 2 amide bonds. The molecule has 0 aliphatic heterocycles. The lowest BCUT2D eigenvalue weighted by molar-refractivity contribution is -0.121. The van der Waals surface area contributed by atoms with E-state index in [1.54, 1.807) is 36.5 Å². The topological polar surface area (TPSA) is 88.3 Å². The van der Waals surface area contributed by atoms with Gasteiger partial charge in [-0.05, 0) is 43.2 Å². The van der Waals surface area contributed by atoms with Crippen LogP contribution in [-0.4, -0.2) is 29.9 Å². The van der Waals surface area contributed by atoms with Crippen LogP contribution in [0.25, 0.3) is 0 Å².